The molecule has 2 aromatic heterocycles. The monoisotopic (exact) mass is 667 g/mol. The Labute approximate surface area is 279 Å². The molecule has 1 saturated heterocycles. The van der Waals surface area contributed by atoms with Crippen LogP contribution >= 0.6 is 0 Å². The zero-order chi connectivity index (χ0) is 34.1. The Morgan fingerprint density at radius 2 is 1.76 bits per heavy atom. The number of aromatic nitrogens is 4. The molecule has 2 aliphatic heterocycles. The summed E-state index contributed by atoms with van der Waals surface area (Å²) in [7, 11) is 1.47. The Kier molecular flexibility index (Phi) is 8.69. The van der Waals surface area contributed by atoms with Crippen molar-refractivity contribution in [3.63, 3.8) is 0 Å². The first-order valence-electron chi connectivity index (χ1n) is 15.8. The maximum atomic E-state index is 15.1. The van der Waals surface area contributed by atoms with Crippen LogP contribution in [0.2, 0.25) is 0 Å². The van der Waals surface area contributed by atoms with E-state index in [1.165, 1.54) is 19.2 Å². The van der Waals surface area contributed by atoms with Crippen molar-refractivity contribution in [3.8, 4) is 22.6 Å². The topological polar surface area (TPSA) is 116 Å². The summed E-state index contributed by atoms with van der Waals surface area (Å²) >= 11 is 0. The predicted molar refractivity (Wildman–Crippen MR) is 177 cm³/mol. The zero-order valence-electron chi connectivity index (χ0n) is 26.6. The lowest BCUT2D eigenvalue weighted by Gasteiger charge is -2.30. The molecular formula is C36H32F3N7O3. The highest BCUT2D eigenvalue weighted by Gasteiger charge is 2.45. The fourth-order valence-corrected chi connectivity index (χ4v) is 6.43. The number of aromatic amines is 1. The number of rotatable bonds is 8. The molecule has 5 aromatic rings. The molecule has 0 spiro atoms. The normalized spacial score (nSPS) is 18.1. The molecular weight excluding hydrogens is 635 g/mol. The van der Waals surface area contributed by atoms with Crippen molar-refractivity contribution in [2.45, 2.75) is 18.4 Å². The molecule has 250 valence electrons. The number of fused-ring (bicyclic) bond motifs is 1. The molecule has 13 heteroatoms. The van der Waals surface area contributed by atoms with Gasteiger partial charge in [0.05, 0.1) is 12.1 Å². The van der Waals surface area contributed by atoms with Gasteiger partial charge in [0.15, 0.2) is 23.1 Å². The minimum absolute atomic E-state index is 0.0881. The molecule has 0 radical (unpaired) electrons. The molecule has 1 atom stereocenters. The standard InChI is InChI=1S/C36H32F3N7O3/c1-49-36(35(48)42-25-5-8-31-27(19-25)33(44-43-31)23-4-7-28(37)30(39)17-23)11-16-45(21-36)20-32(47)46-14-9-22(10-15-46)26-6-3-24(18-29(26)38)34-40-12-2-13-41-34/h2-9,12-13,17-19H,10-11,14-16,20-21H2,1H3,(H,42,48)(H,43,44)/t36-/m0/s1. The number of halogens is 3. The summed E-state index contributed by atoms with van der Waals surface area (Å²) < 4.78 is 48.2. The molecule has 0 bridgehead atoms. The van der Waals surface area contributed by atoms with Crippen molar-refractivity contribution in [2.24, 2.45) is 0 Å². The minimum Gasteiger partial charge on any atom is -0.367 e. The first-order chi connectivity index (χ1) is 23.7. The lowest BCUT2D eigenvalue weighted by Crippen LogP contribution is -2.48. The molecule has 10 nitrogen and oxygen atoms in total. The first kappa shape index (κ1) is 32.2. The van der Waals surface area contributed by atoms with Crippen molar-refractivity contribution in [1.29, 1.82) is 0 Å². The lowest BCUT2D eigenvalue weighted by molar-refractivity contribution is -0.138. The maximum absolute atomic E-state index is 15.1. The van der Waals surface area contributed by atoms with E-state index < -0.39 is 17.2 Å². The number of hydrogen-bond acceptors (Lipinski definition) is 7. The van der Waals surface area contributed by atoms with E-state index in [2.05, 4.69) is 25.5 Å². The first-order valence-corrected chi connectivity index (χ1v) is 15.8. The quantitative estimate of drug-likeness (QED) is 0.226. The van der Waals surface area contributed by atoms with E-state index in [-0.39, 0.29) is 30.7 Å². The predicted octanol–water partition coefficient (Wildman–Crippen LogP) is 5.45. The summed E-state index contributed by atoms with van der Waals surface area (Å²) in [5.41, 5.74) is 2.68. The summed E-state index contributed by atoms with van der Waals surface area (Å²) in [6, 6.07) is 15.4. The Hall–Kier alpha value is -5.40. The second-order valence-corrected chi connectivity index (χ2v) is 12.2. The highest BCUT2D eigenvalue weighted by atomic mass is 19.2. The van der Waals surface area contributed by atoms with Gasteiger partial charge in [0.25, 0.3) is 5.91 Å². The average molecular weight is 668 g/mol. The number of H-pyrrole nitrogens is 1. The zero-order valence-corrected chi connectivity index (χ0v) is 26.6. The second kappa shape index (κ2) is 13.2. The molecule has 3 aromatic carbocycles. The van der Waals surface area contributed by atoms with Gasteiger partial charge in [0.1, 0.15) is 11.5 Å². The Morgan fingerprint density at radius 1 is 0.959 bits per heavy atom. The van der Waals surface area contributed by atoms with E-state index in [1.807, 2.05) is 11.0 Å². The van der Waals surface area contributed by atoms with Gasteiger partial charge in [-0.2, -0.15) is 5.10 Å². The number of anilines is 1. The van der Waals surface area contributed by atoms with Crippen LogP contribution in [0, 0.1) is 17.5 Å². The van der Waals surface area contributed by atoms with E-state index in [1.54, 1.807) is 53.7 Å². The van der Waals surface area contributed by atoms with Crippen LogP contribution in [0.1, 0.15) is 18.4 Å². The van der Waals surface area contributed by atoms with Gasteiger partial charge >= 0.3 is 0 Å². The number of carbonyl (C=O) groups is 2. The summed E-state index contributed by atoms with van der Waals surface area (Å²) in [4.78, 5) is 38.9. The van der Waals surface area contributed by atoms with Crippen LogP contribution < -0.4 is 5.32 Å². The van der Waals surface area contributed by atoms with Crippen molar-refractivity contribution in [3.05, 3.63) is 102 Å². The number of carbonyl (C=O) groups excluding carboxylic acids is 2. The summed E-state index contributed by atoms with van der Waals surface area (Å²) in [6.07, 6.45) is 5.98. The largest absolute Gasteiger partial charge is 0.367 e. The third-order valence-corrected chi connectivity index (χ3v) is 9.19. The van der Waals surface area contributed by atoms with Crippen molar-refractivity contribution >= 4 is 34.0 Å². The van der Waals surface area contributed by atoms with Gasteiger partial charge in [0, 0.05) is 73.4 Å². The van der Waals surface area contributed by atoms with E-state index >= 15 is 4.39 Å². The molecule has 2 aliphatic rings. The molecule has 0 aliphatic carbocycles. The van der Waals surface area contributed by atoms with Gasteiger partial charge in [-0.15, -0.1) is 0 Å². The van der Waals surface area contributed by atoms with E-state index in [0.29, 0.717) is 77.3 Å². The van der Waals surface area contributed by atoms with Crippen LogP contribution in [0.25, 0.3) is 39.1 Å². The van der Waals surface area contributed by atoms with Gasteiger partial charge in [-0.05, 0) is 66.9 Å². The fourth-order valence-electron chi connectivity index (χ4n) is 6.43. The van der Waals surface area contributed by atoms with Gasteiger partial charge in [-0.25, -0.2) is 23.1 Å². The lowest BCUT2D eigenvalue weighted by atomic mass is 9.97. The second-order valence-electron chi connectivity index (χ2n) is 12.2. The van der Waals surface area contributed by atoms with Crippen molar-refractivity contribution in [2.75, 3.05) is 45.2 Å². The van der Waals surface area contributed by atoms with Gasteiger partial charge in [0.2, 0.25) is 5.91 Å². The van der Waals surface area contributed by atoms with E-state index in [4.69, 9.17) is 4.74 Å². The molecule has 49 heavy (non-hydrogen) atoms. The van der Waals surface area contributed by atoms with Gasteiger partial charge < -0.3 is 15.0 Å². The minimum atomic E-state index is -1.18. The number of amides is 2. The number of methoxy groups -OCH3 is 1. The van der Waals surface area contributed by atoms with Crippen LogP contribution in [0.3, 0.4) is 0 Å². The summed E-state index contributed by atoms with van der Waals surface area (Å²) in [6.45, 7) is 1.60. The Bertz CT molecular complexity index is 2090. The number of benzene rings is 3. The van der Waals surface area contributed by atoms with E-state index in [0.717, 1.165) is 17.7 Å². The Morgan fingerprint density at radius 3 is 2.49 bits per heavy atom. The maximum Gasteiger partial charge on any atom is 0.258 e. The van der Waals surface area contributed by atoms with E-state index in [9.17, 15) is 18.4 Å². The molecule has 7 rings (SSSR count). The SMILES string of the molecule is CO[C@@]1(C(=O)Nc2ccc3[nH]nc(-c4ccc(F)c(F)c4)c3c2)CCN(CC(=O)N2CC=C(c3ccc(-c4ncccn4)cc3F)CC2)C1. The number of ether oxygens (including phenoxy) is 1. The molecule has 2 N–H and O–H groups in total. The molecule has 2 amide bonds. The van der Waals surface area contributed by atoms with Crippen LogP contribution in [-0.2, 0) is 14.3 Å². The number of nitrogens with zero attached hydrogens (tertiary/aromatic N) is 5. The molecule has 0 unspecified atom stereocenters. The van der Waals surface area contributed by atoms with Crippen molar-refractivity contribution < 1.29 is 27.5 Å². The average Bonchev–Trinajstić information content (AvgIpc) is 3.75. The number of hydrogen-bond donors (Lipinski definition) is 2. The number of likely N-dealkylation sites (tertiary alicyclic amines) is 1. The van der Waals surface area contributed by atoms with Crippen LogP contribution in [0.15, 0.2) is 79.1 Å². The molecule has 4 heterocycles. The smallest absolute Gasteiger partial charge is 0.258 e. The fraction of sp³-hybridized carbons (Fsp3) is 0.250. The summed E-state index contributed by atoms with van der Waals surface area (Å²) in [5, 5.41) is 10.7. The van der Waals surface area contributed by atoms with Crippen LogP contribution in [0.4, 0.5) is 18.9 Å². The third-order valence-electron chi connectivity index (χ3n) is 9.19. The molecule has 0 saturated carbocycles. The summed E-state index contributed by atoms with van der Waals surface area (Å²) in [5.74, 6) is -2.30. The van der Waals surface area contributed by atoms with Gasteiger partial charge in [-0.1, -0.05) is 18.2 Å². The highest BCUT2D eigenvalue weighted by molar-refractivity contribution is 6.01. The third kappa shape index (κ3) is 6.42. The van der Waals surface area contributed by atoms with Crippen LogP contribution in [0.5, 0.6) is 0 Å². The van der Waals surface area contributed by atoms with Crippen LogP contribution in [-0.4, -0.2) is 87.2 Å². The van der Waals surface area contributed by atoms with Crippen molar-refractivity contribution in [1.82, 2.24) is 30.0 Å². The highest BCUT2D eigenvalue weighted by Crippen LogP contribution is 2.32. The Balaban J connectivity index is 0.975. The van der Waals surface area contributed by atoms with Gasteiger partial charge in [-0.3, -0.25) is 19.6 Å². The number of nitrogens with one attached hydrogen (secondary N) is 2. The molecule has 1 fully saturated rings.